The Labute approximate surface area is 137 Å². The number of hydrogen-bond acceptors (Lipinski definition) is 2. The third-order valence-electron chi connectivity index (χ3n) is 5.15. The van der Waals surface area contributed by atoms with Crippen molar-refractivity contribution in [3.63, 3.8) is 0 Å². The Bertz CT molecular complexity index is 726. The van der Waals surface area contributed by atoms with Crippen LogP contribution in [0.3, 0.4) is 0 Å². The molecule has 118 valence electrons. The second kappa shape index (κ2) is 5.82. The molecule has 23 heavy (non-hydrogen) atoms. The lowest BCUT2D eigenvalue weighted by Gasteiger charge is -2.26. The van der Waals surface area contributed by atoms with Gasteiger partial charge in [-0.05, 0) is 48.1 Å². The molecular weight excluding hydrogens is 284 g/mol. The minimum atomic E-state index is 0.134. The van der Waals surface area contributed by atoms with Gasteiger partial charge in [-0.15, -0.1) is 0 Å². The van der Waals surface area contributed by atoms with E-state index in [-0.39, 0.29) is 11.8 Å². The Morgan fingerprint density at radius 2 is 1.96 bits per heavy atom. The summed E-state index contributed by atoms with van der Waals surface area (Å²) in [6.45, 7) is 1.88. The van der Waals surface area contributed by atoms with Crippen LogP contribution in [0.4, 0.5) is 5.69 Å². The van der Waals surface area contributed by atoms with Gasteiger partial charge in [-0.25, -0.2) is 0 Å². The Balaban J connectivity index is 1.54. The summed E-state index contributed by atoms with van der Waals surface area (Å²) in [4.78, 5) is 14.8. The van der Waals surface area contributed by atoms with E-state index in [2.05, 4.69) is 47.8 Å². The Hall–Kier alpha value is -2.13. The highest BCUT2D eigenvalue weighted by Crippen LogP contribution is 2.48. The molecule has 0 saturated heterocycles. The van der Waals surface area contributed by atoms with Crippen LogP contribution in [-0.2, 0) is 17.8 Å². The quantitative estimate of drug-likeness (QED) is 0.945. The number of nitrogens with zero attached hydrogens (tertiary/aromatic N) is 1. The van der Waals surface area contributed by atoms with Crippen LogP contribution in [0, 0.1) is 5.92 Å². The molecule has 1 amide bonds. The lowest BCUT2D eigenvalue weighted by atomic mass is 9.98. The maximum absolute atomic E-state index is 12.9. The third kappa shape index (κ3) is 2.66. The van der Waals surface area contributed by atoms with Gasteiger partial charge in [0.05, 0.1) is 0 Å². The van der Waals surface area contributed by atoms with Crippen molar-refractivity contribution in [1.82, 2.24) is 5.32 Å². The van der Waals surface area contributed by atoms with Crippen LogP contribution < -0.4 is 10.2 Å². The van der Waals surface area contributed by atoms with Crippen LogP contribution in [0.1, 0.15) is 29.0 Å². The van der Waals surface area contributed by atoms with Gasteiger partial charge >= 0.3 is 0 Å². The van der Waals surface area contributed by atoms with E-state index in [0.717, 1.165) is 31.6 Å². The SMILES string of the molecule is CN(C(=O)C1CC1c1ccccc1)c1cccc2c1CNCC2. The zero-order valence-corrected chi connectivity index (χ0v) is 13.5. The number of rotatable bonds is 3. The normalized spacial score (nSPS) is 22.3. The van der Waals surface area contributed by atoms with E-state index in [9.17, 15) is 4.79 Å². The molecule has 0 aromatic heterocycles. The molecule has 1 aliphatic heterocycles. The van der Waals surface area contributed by atoms with Crippen molar-refractivity contribution in [3.8, 4) is 0 Å². The topological polar surface area (TPSA) is 32.3 Å². The predicted molar refractivity (Wildman–Crippen MR) is 92.6 cm³/mol. The van der Waals surface area contributed by atoms with Crippen molar-refractivity contribution in [2.75, 3.05) is 18.5 Å². The predicted octanol–water partition coefficient (Wildman–Crippen LogP) is 3.10. The minimum Gasteiger partial charge on any atom is -0.315 e. The van der Waals surface area contributed by atoms with Crippen LogP contribution >= 0.6 is 0 Å². The molecule has 1 N–H and O–H groups in total. The van der Waals surface area contributed by atoms with Gasteiger partial charge in [0, 0.05) is 25.2 Å². The first-order chi connectivity index (χ1) is 11.3. The summed E-state index contributed by atoms with van der Waals surface area (Å²) >= 11 is 0. The van der Waals surface area contributed by atoms with E-state index in [1.165, 1.54) is 16.7 Å². The number of hydrogen-bond donors (Lipinski definition) is 1. The maximum atomic E-state index is 12.9. The van der Waals surface area contributed by atoms with Crippen molar-refractivity contribution in [3.05, 3.63) is 65.2 Å². The maximum Gasteiger partial charge on any atom is 0.230 e. The Kier molecular flexibility index (Phi) is 3.66. The second-order valence-corrected chi connectivity index (χ2v) is 6.60. The van der Waals surface area contributed by atoms with Gasteiger partial charge in [0.2, 0.25) is 5.91 Å². The summed E-state index contributed by atoms with van der Waals surface area (Å²) in [5.74, 6) is 0.774. The van der Waals surface area contributed by atoms with Gasteiger partial charge in [0.1, 0.15) is 0 Å². The van der Waals surface area contributed by atoms with Gasteiger partial charge < -0.3 is 10.2 Å². The first-order valence-corrected chi connectivity index (χ1v) is 8.39. The number of amides is 1. The molecule has 1 fully saturated rings. The van der Waals surface area contributed by atoms with Gasteiger partial charge in [-0.3, -0.25) is 4.79 Å². The van der Waals surface area contributed by atoms with E-state index in [1.54, 1.807) is 0 Å². The van der Waals surface area contributed by atoms with Crippen molar-refractivity contribution in [1.29, 1.82) is 0 Å². The number of carbonyl (C=O) groups excluding carboxylic acids is 1. The second-order valence-electron chi connectivity index (χ2n) is 6.60. The molecule has 2 aromatic rings. The number of anilines is 1. The van der Waals surface area contributed by atoms with Gasteiger partial charge in [0.15, 0.2) is 0 Å². The van der Waals surface area contributed by atoms with E-state index in [1.807, 2.05) is 18.0 Å². The summed E-state index contributed by atoms with van der Waals surface area (Å²) < 4.78 is 0. The lowest BCUT2D eigenvalue weighted by molar-refractivity contribution is -0.119. The summed E-state index contributed by atoms with van der Waals surface area (Å²) in [5, 5.41) is 3.42. The highest BCUT2D eigenvalue weighted by molar-refractivity contribution is 5.97. The lowest BCUT2D eigenvalue weighted by Crippen LogP contribution is -2.32. The van der Waals surface area contributed by atoms with Gasteiger partial charge in [-0.1, -0.05) is 42.5 Å². The number of fused-ring (bicyclic) bond motifs is 1. The Morgan fingerprint density at radius 1 is 1.13 bits per heavy atom. The molecule has 2 aliphatic rings. The summed E-state index contributed by atoms with van der Waals surface area (Å²) in [6.07, 6.45) is 2.02. The summed E-state index contributed by atoms with van der Waals surface area (Å²) in [5.41, 5.74) is 5.01. The molecule has 2 atom stereocenters. The zero-order chi connectivity index (χ0) is 15.8. The van der Waals surface area contributed by atoms with E-state index >= 15 is 0 Å². The molecule has 0 radical (unpaired) electrons. The zero-order valence-electron chi connectivity index (χ0n) is 13.5. The molecule has 0 bridgehead atoms. The molecule has 0 spiro atoms. The van der Waals surface area contributed by atoms with Crippen molar-refractivity contribution in [2.45, 2.75) is 25.3 Å². The van der Waals surface area contributed by atoms with Crippen LogP contribution in [0.2, 0.25) is 0 Å². The van der Waals surface area contributed by atoms with E-state index in [0.29, 0.717) is 5.92 Å². The fourth-order valence-corrected chi connectivity index (χ4v) is 3.71. The van der Waals surface area contributed by atoms with Crippen LogP contribution in [-0.4, -0.2) is 19.5 Å². The smallest absolute Gasteiger partial charge is 0.230 e. The van der Waals surface area contributed by atoms with Crippen LogP contribution in [0.15, 0.2) is 48.5 Å². The first kappa shape index (κ1) is 14.5. The largest absolute Gasteiger partial charge is 0.315 e. The highest BCUT2D eigenvalue weighted by atomic mass is 16.2. The summed E-state index contributed by atoms with van der Waals surface area (Å²) in [7, 11) is 1.92. The molecule has 1 aliphatic carbocycles. The number of carbonyl (C=O) groups is 1. The molecule has 3 nitrogen and oxygen atoms in total. The van der Waals surface area contributed by atoms with Gasteiger partial charge in [-0.2, -0.15) is 0 Å². The first-order valence-electron chi connectivity index (χ1n) is 8.39. The molecule has 1 heterocycles. The third-order valence-corrected chi connectivity index (χ3v) is 5.15. The van der Waals surface area contributed by atoms with Crippen molar-refractivity contribution in [2.24, 2.45) is 5.92 Å². The van der Waals surface area contributed by atoms with Crippen LogP contribution in [0.25, 0.3) is 0 Å². The molecular formula is C20H22N2O. The monoisotopic (exact) mass is 306 g/mol. The number of benzene rings is 2. The molecule has 4 rings (SSSR count). The molecule has 1 saturated carbocycles. The minimum absolute atomic E-state index is 0.134. The van der Waals surface area contributed by atoms with Gasteiger partial charge in [0.25, 0.3) is 0 Å². The average molecular weight is 306 g/mol. The molecule has 2 aromatic carbocycles. The number of nitrogens with one attached hydrogen (secondary N) is 1. The fraction of sp³-hybridized carbons (Fsp3) is 0.350. The summed E-state index contributed by atoms with van der Waals surface area (Å²) in [6, 6.07) is 16.7. The van der Waals surface area contributed by atoms with Crippen LogP contribution in [0.5, 0.6) is 0 Å². The van der Waals surface area contributed by atoms with E-state index in [4.69, 9.17) is 0 Å². The molecule has 3 heteroatoms. The average Bonchev–Trinajstić information content (AvgIpc) is 3.41. The Morgan fingerprint density at radius 3 is 2.78 bits per heavy atom. The van der Waals surface area contributed by atoms with Crippen molar-refractivity contribution >= 4 is 11.6 Å². The highest BCUT2D eigenvalue weighted by Gasteiger charge is 2.45. The van der Waals surface area contributed by atoms with E-state index < -0.39 is 0 Å². The standard InChI is InChI=1S/C20H22N2O/c1-22(19-9-5-8-15-10-11-21-13-18(15)19)20(23)17-12-16(17)14-6-3-2-4-7-14/h2-9,16-17,21H,10-13H2,1H3. The molecule has 2 unspecified atom stereocenters. The van der Waals surface area contributed by atoms with Crippen molar-refractivity contribution < 1.29 is 4.79 Å². The fourth-order valence-electron chi connectivity index (χ4n) is 3.71.